The molecule has 0 fully saturated rings. The summed E-state index contributed by atoms with van der Waals surface area (Å²) >= 11 is 0. The van der Waals surface area contributed by atoms with Crippen molar-refractivity contribution in [2.45, 2.75) is 19.1 Å². The minimum Gasteiger partial charge on any atom is -0.497 e. The van der Waals surface area contributed by atoms with Gasteiger partial charge >= 0.3 is 6.18 Å². The van der Waals surface area contributed by atoms with Gasteiger partial charge in [0.25, 0.3) is 0 Å². The molecule has 134 valence electrons. The van der Waals surface area contributed by atoms with Crippen LogP contribution < -0.4 is 15.4 Å². The number of carbonyl (C=O) groups is 2. The molecule has 1 atom stereocenters. The molecule has 1 unspecified atom stereocenters. The monoisotopic (exact) mass is 347 g/mol. The molecule has 1 aromatic rings. The lowest BCUT2D eigenvalue weighted by molar-refractivity contribution is -0.141. The van der Waals surface area contributed by atoms with Crippen LogP contribution in [0, 0.1) is 0 Å². The topological polar surface area (TPSA) is 70.7 Å². The highest BCUT2D eigenvalue weighted by Crippen LogP contribution is 2.16. The molecule has 6 nitrogen and oxygen atoms in total. The third-order valence-electron chi connectivity index (χ3n) is 3.25. The summed E-state index contributed by atoms with van der Waals surface area (Å²) in [6.45, 7) is -0.137. The first-order chi connectivity index (χ1) is 11.1. The van der Waals surface area contributed by atoms with Crippen LogP contribution in [-0.4, -0.2) is 56.2 Å². The van der Waals surface area contributed by atoms with Crippen LogP contribution in [0.4, 0.5) is 18.9 Å². The fourth-order valence-corrected chi connectivity index (χ4v) is 1.80. The average Bonchev–Trinajstić information content (AvgIpc) is 2.51. The molecule has 1 rings (SSSR count). The van der Waals surface area contributed by atoms with Crippen LogP contribution in [0.15, 0.2) is 24.3 Å². The van der Waals surface area contributed by atoms with Gasteiger partial charge in [0, 0.05) is 11.8 Å². The van der Waals surface area contributed by atoms with Crippen LogP contribution in [0.1, 0.15) is 6.92 Å². The quantitative estimate of drug-likeness (QED) is 0.787. The number of likely N-dealkylation sites (N-methyl/N-ethyl adjacent to an activating group) is 1. The Hall–Kier alpha value is -2.29. The zero-order valence-electron chi connectivity index (χ0n) is 13.6. The van der Waals surface area contributed by atoms with Gasteiger partial charge in [-0.2, -0.15) is 13.2 Å². The van der Waals surface area contributed by atoms with Crippen LogP contribution in [0.2, 0.25) is 0 Å². The smallest absolute Gasteiger partial charge is 0.405 e. The summed E-state index contributed by atoms with van der Waals surface area (Å²) in [6, 6.07) is 5.82. The maximum Gasteiger partial charge on any atom is 0.405 e. The highest BCUT2D eigenvalue weighted by Gasteiger charge is 2.29. The van der Waals surface area contributed by atoms with Crippen molar-refractivity contribution in [1.29, 1.82) is 0 Å². The van der Waals surface area contributed by atoms with Crippen LogP contribution in [0.25, 0.3) is 0 Å². The van der Waals surface area contributed by atoms with Gasteiger partial charge in [0.15, 0.2) is 0 Å². The zero-order valence-corrected chi connectivity index (χ0v) is 13.6. The Bertz CT molecular complexity index is 579. The van der Waals surface area contributed by atoms with Crippen molar-refractivity contribution < 1.29 is 27.5 Å². The van der Waals surface area contributed by atoms with Gasteiger partial charge in [-0.05, 0) is 26.1 Å². The van der Waals surface area contributed by atoms with Gasteiger partial charge in [0.1, 0.15) is 12.3 Å². The number of nitrogens with one attached hydrogen (secondary N) is 2. The highest BCUT2D eigenvalue weighted by atomic mass is 19.4. The predicted octanol–water partition coefficient (Wildman–Crippen LogP) is 1.63. The average molecular weight is 347 g/mol. The minimum atomic E-state index is -4.47. The molecule has 24 heavy (non-hydrogen) atoms. The molecule has 0 aliphatic carbocycles. The number of halogens is 3. The van der Waals surface area contributed by atoms with Gasteiger partial charge in [-0.25, -0.2) is 0 Å². The van der Waals surface area contributed by atoms with Crippen LogP contribution in [0.3, 0.4) is 0 Å². The molecule has 0 saturated heterocycles. The number of rotatable bonds is 7. The zero-order chi connectivity index (χ0) is 18.3. The number of hydrogen-bond donors (Lipinski definition) is 2. The first-order valence-corrected chi connectivity index (χ1v) is 7.11. The highest BCUT2D eigenvalue weighted by molar-refractivity contribution is 5.93. The Balaban J connectivity index is 2.51. The Kier molecular flexibility index (Phi) is 7.02. The van der Waals surface area contributed by atoms with Crippen molar-refractivity contribution in [3.8, 4) is 5.75 Å². The molecular formula is C15H20F3N3O3. The van der Waals surface area contributed by atoms with E-state index >= 15 is 0 Å². The summed E-state index contributed by atoms with van der Waals surface area (Å²) in [7, 11) is 2.97. The van der Waals surface area contributed by atoms with E-state index in [0.29, 0.717) is 11.4 Å². The van der Waals surface area contributed by atoms with Crippen molar-refractivity contribution in [2.24, 2.45) is 0 Å². The van der Waals surface area contributed by atoms with E-state index in [-0.39, 0.29) is 6.54 Å². The summed E-state index contributed by atoms with van der Waals surface area (Å²) < 4.78 is 41.3. The molecule has 0 aromatic heterocycles. The van der Waals surface area contributed by atoms with Gasteiger partial charge in [0.2, 0.25) is 11.8 Å². The number of methoxy groups -OCH3 is 1. The number of hydrogen-bond acceptors (Lipinski definition) is 4. The van der Waals surface area contributed by atoms with Crippen LogP contribution >= 0.6 is 0 Å². The van der Waals surface area contributed by atoms with E-state index in [1.54, 1.807) is 29.6 Å². The normalized spacial score (nSPS) is 12.6. The molecule has 0 aliphatic rings. The fourth-order valence-electron chi connectivity index (χ4n) is 1.80. The van der Waals surface area contributed by atoms with Gasteiger partial charge in [-0.1, -0.05) is 6.07 Å². The lowest BCUT2D eigenvalue weighted by atomic mass is 10.2. The molecule has 9 heteroatoms. The van der Waals surface area contributed by atoms with E-state index < -0.39 is 30.6 Å². The molecule has 2 amide bonds. The Morgan fingerprint density at radius 1 is 1.33 bits per heavy atom. The molecule has 0 saturated carbocycles. The lowest BCUT2D eigenvalue weighted by Crippen LogP contribution is -2.47. The lowest BCUT2D eigenvalue weighted by Gasteiger charge is -2.23. The SMILES string of the molecule is COc1cccc(NC(=O)CN(C)C(C)C(=O)NCC(F)(F)F)c1. The number of amides is 2. The second kappa shape index (κ2) is 8.53. The van der Waals surface area contributed by atoms with Gasteiger partial charge in [-0.3, -0.25) is 14.5 Å². The summed E-state index contributed by atoms with van der Waals surface area (Å²) in [6.07, 6.45) is -4.47. The van der Waals surface area contributed by atoms with Crippen molar-refractivity contribution >= 4 is 17.5 Å². The van der Waals surface area contributed by atoms with Crippen molar-refractivity contribution in [3.05, 3.63) is 24.3 Å². The Morgan fingerprint density at radius 3 is 2.58 bits per heavy atom. The summed E-state index contributed by atoms with van der Waals surface area (Å²) in [5.74, 6) is -0.633. The number of anilines is 1. The fraction of sp³-hybridized carbons (Fsp3) is 0.467. The van der Waals surface area contributed by atoms with Crippen LogP contribution in [0.5, 0.6) is 5.75 Å². The molecule has 0 bridgehead atoms. The molecule has 2 N–H and O–H groups in total. The third kappa shape index (κ3) is 6.86. The molecule has 0 radical (unpaired) electrons. The second-order valence-corrected chi connectivity index (χ2v) is 5.20. The number of ether oxygens (including phenoxy) is 1. The first-order valence-electron chi connectivity index (χ1n) is 7.11. The molecule has 0 aliphatic heterocycles. The maximum absolute atomic E-state index is 12.1. The van der Waals surface area contributed by atoms with Crippen molar-refractivity contribution in [2.75, 3.05) is 32.6 Å². The summed E-state index contributed by atoms with van der Waals surface area (Å²) in [4.78, 5) is 25.0. The molecular weight excluding hydrogens is 327 g/mol. The molecule has 1 aromatic carbocycles. The third-order valence-corrected chi connectivity index (χ3v) is 3.25. The largest absolute Gasteiger partial charge is 0.497 e. The van der Waals surface area contributed by atoms with E-state index in [1.165, 1.54) is 26.0 Å². The van der Waals surface area contributed by atoms with Gasteiger partial charge < -0.3 is 15.4 Å². The van der Waals surface area contributed by atoms with Crippen LogP contribution in [-0.2, 0) is 9.59 Å². The van der Waals surface area contributed by atoms with E-state index in [2.05, 4.69) is 5.32 Å². The molecule has 0 heterocycles. The predicted molar refractivity (Wildman–Crippen MR) is 82.8 cm³/mol. The summed E-state index contributed by atoms with van der Waals surface area (Å²) in [5.41, 5.74) is 0.516. The second-order valence-electron chi connectivity index (χ2n) is 5.20. The minimum absolute atomic E-state index is 0.155. The van der Waals surface area contributed by atoms with E-state index in [1.807, 2.05) is 0 Å². The van der Waals surface area contributed by atoms with E-state index in [0.717, 1.165) is 0 Å². The Morgan fingerprint density at radius 2 is 2.00 bits per heavy atom. The van der Waals surface area contributed by atoms with Gasteiger partial charge in [0.05, 0.1) is 19.7 Å². The maximum atomic E-state index is 12.1. The first kappa shape index (κ1) is 19.8. The Labute approximate surface area is 138 Å². The number of nitrogens with zero attached hydrogens (tertiary/aromatic N) is 1. The molecule has 0 spiro atoms. The number of alkyl halides is 3. The van der Waals surface area contributed by atoms with E-state index in [9.17, 15) is 22.8 Å². The van der Waals surface area contributed by atoms with Gasteiger partial charge in [-0.15, -0.1) is 0 Å². The van der Waals surface area contributed by atoms with Crippen molar-refractivity contribution in [1.82, 2.24) is 10.2 Å². The van der Waals surface area contributed by atoms with E-state index in [4.69, 9.17) is 4.74 Å². The summed E-state index contributed by atoms with van der Waals surface area (Å²) in [5, 5.41) is 4.41. The number of benzene rings is 1. The standard InChI is InChI=1S/C15H20F3N3O3/c1-10(14(23)19-9-15(16,17)18)21(2)8-13(22)20-11-5-4-6-12(7-11)24-3/h4-7,10H,8-9H2,1-3H3,(H,19,23)(H,20,22). The van der Waals surface area contributed by atoms with Crippen molar-refractivity contribution in [3.63, 3.8) is 0 Å². The number of carbonyl (C=O) groups excluding carboxylic acids is 2.